The van der Waals surface area contributed by atoms with Gasteiger partial charge in [-0.1, -0.05) is 13.8 Å². The molecular weight excluding hydrogens is 278 g/mol. The molecule has 1 aromatic heterocycles. The average molecular weight is 303 g/mol. The fourth-order valence-electron chi connectivity index (χ4n) is 2.04. The molecule has 19 heavy (non-hydrogen) atoms. The topological polar surface area (TPSA) is 46.2 Å². The quantitative estimate of drug-likeness (QED) is 0.761. The molecule has 1 atom stereocenters. The van der Waals surface area contributed by atoms with Gasteiger partial charge in [-0.25, -0.2) is 8.42 Å². The molecule has 0 bridgehead atoms. The SMILES string of the molecule is CCCNC(CCCS(=O)(=O)CC)c1sccc1C. The van der Waals surface area contributed by atoms with Crippen LogP contribution in [-0.4, -0.2) is 26.5 Å². The summed E-state index contributed by atoms with van der Waals surface area (Å²) >= 11 is 1.76. The van der Waals surface area contributed by atoms with E-state index in [2.05, 4.69) is 30.6 Å². The molecule has 0 aromatic carbocycles. The Labute approximate surface area is 121 Å². The predicted molar refractivity (Wildman–Crippen MR) is 83.7 cm³/mol. The number of nitrogens with one attached hydrogen (secondary N) is 1. The first kappa shape index (κ1) is 16.7. The third-order valence-corrected chi connectivity index (χ3v) is 6.17. The third kappa shape index (κ3) is 5.63. The van der Waals surface area contributed by atoms with Crippen LogP contribution in [0, 0.1) is 6.92 Å². The lowest BCUT2D eigenvalue weighted by molar-refractivity contribution is 0.497. The van der Waals surface area contributed by atoms with Crippen molar-refractivity contribution in [3.05, 3.63) is 21.9 Å². The zero-order chi connectivity index (χ0) is 14.3. The molecule has 1 aromatic rings. The standard InChI is InChI=1S/C14H25NO2S2/c1-4-9-15-13(14-12(3)8-10-18-14)7-6-11-19(16,17)5-2/h8,10,13,15H,4-7,9,11H2,1-3H3. The van der Waals surface area contributed by atoms with Crippen LogP contribution < -0.4 is 5.32 Å². The van der Waals surface area contributed by atoms with Crippen molar-refractivity contribution in [1.29, 1.82) is 0 Å². The number of thiophene rings is 1. The first-order chi connectivity index (χ1) is 9.00. The number of rotatable bonds is 9. The fourth-order valence-corrected chi connectivity index (χ4v) is 3.97. The molecule has 3 nitrogen and oxygen atoms in total. The van der Waals surface area contributed by atoms with Crippen molar-refractivity contribution in [2.24, 2.45) is 0 Å². The number of hydrogen-bond acceptors (Lipinski definition) is 4. The molecule has 0 saturated heterocycles. The van der Waals surface area contributed by atoms with Crippen LogP contribution in [0.5, 0.6) is 0 Å². The fraction of sp³-hybridized carbons (Fsp3) is 0.714. The van der Waals surface area contributed by atoms with Crippen molar-refractivity contribution in [2.45, 2.75) is 46.1 Å². The van der Waals surface area contributed by atoms with E-state index in [1.165, 1.54) is 10.4 Å². The second kappa shape index (κ2) is 8.02. The highest BCUT2D eigenvalue weighted by Gasteiger charge is 2.16. The van der Waals surface area contributed by atoms with Crippen LogP contribution in [0.25, 0.3) is 0 Å². The summed E-state index contributed by atoms with van der Waals surface area (Å²) in [5, 5.41) is 5.64. The summed E-state index contributed by atoms with van der Waals surface area (Å²) < 4.78 is 23.1. The van der Waals surface area contributed by atoms with E-state index in [1.54, 1.807) is 18.3 Å². The van der Waals surface area contributed by atoms with Gasteiger partial charge in [0, 0.05) is 16.7 Å². The molecular formula is C14H25NO2S2. The maximum Gasteiger partial charge on any atom is 0.150 e. The maximum atomic E-state index is 11.5. The van der Waals surface area contributed by atoms with E-state index in [4.69, 9.17) is 0 Å². The van der Waals surface area contributed by atoms with Gasteiger partial charge >= 0.3 is 0 Å². The van der Waals surface area contributed by atoms with Crippen molar-refractivity contribution in [3.63, 3.8) is 0 Å². The lowest BCUT2D eigenvalue weighted by atomic mass is 10.1. The minimum atomic E-state index is -2.84. The number of sulfone groups is 1. The average Bonchev–Trinajstić information content (AvgIpc) is 2.80. The highest BCUT2D eigenvalue weighted by molar-refractivity contribution is 7.91. The summed E-state index contributed by atoms with van der Waals surface area (Å²) in [7, 11) is -2.84. The zero-order valence-corrected chi connectivity index (χ0v) is 13.7. The Hall–Kier alpha value is -0.390. The molecule has 1 N–H and O–H groups in total. The highest BCUT2D eigenvalue weighted by atomic mass is 32.2. The number of hydrogen-bond donors (Lipinski definition) is 1. The largest absolute Gasteiger partial charge is 0.309 e. The predicted octanol–water partition coefficient (Wildman–Crippen LogP) is 3.31. The molecule has 0 aliphatic rings. The van der Waals surface area contributed by atoms with E-state index in [0.29, 0.717) is 11.8 Å². The Morgan fingerprint density at radius 1 is 1.37 bits per heavy atom. The van der Waals surface area contributed by atoms with Gasteiger partial charge in [0.05, 0.1) is 5.75 Å². The summed E-state index contributed by atoms with van der Waals surface area (Å²) in [5.41, 5.74) is 1.30. The second-order valence-corrected chi connectivity index (χ2v) is 8.27. The van der Waals surface area contributed by atoms with Gasteiger partial charge in [-0.15, -0.1) is 11.3 Å². The molecule has 0 aliphatic heterocycles. The monoisotopic (exact) mass is 303 g/mol. The van der Waals surface area contributed by atoms with E-state index in [1.807, 2.05) is 0 Å². The zero-order valence-electron chi connectivity index (χ0n) is 12.1. The van der Waals surface area contributed by atoms with Crippen LogP contribution in [0.15, 0.2) is 11.4 Å². The van der Waals surface area contributed by atoms with E-state index < -0.39 is 9.84 Å². The molecule has 0 amide bonds. The van der Waals surface area contributed by atoms with Crippen LogP contribution in [0.2, 0.25) is 0 Å². The van der Waals surface area contributed by atoms with Crippen LogP contribution >= 0.6 is 11.3 Å². The van der Waals surface area contributed by atoms with Gasteiger partial charge in [0.25, 0.3) is 0 Å². The van der Waals surface area contributed by atoms with Crippen molar-refractivity contribution < 1.29 is 8.42 Å². The molecule has 0 spiro atoms. The third-order valence-electron chi connectivity index (χ3n) is 3.25. The smallest absolute Gasteiger partial charge is 0.150 e. The van der Waals surface area contributed by atoms with Gasteiger partial charge in [-0.3, -0.25) is 0 Å². The Balaban J connectivity index is 2.59. The molecule has 0 saturated carbocycles. The lowest BCUT2D eigenvalue weighted by Crippen LogP contribution is -2.23. The van der Waals surface area contributed by atoms with Crippen molar-refractivity contribution in [1.82, 2.24) is 5.32 Å². The van der Waals surface area contributed by atoms with E-state index in [0.717, 1.165) is 25.8 Å². The second-order valence-electron chi connectivity index (χ2n) is 4.85. The molecule has 0 fully saturated rings. The van der Waals surface area contributed by atoms with E-state index in [-0.39, 0.29) is 5.75 Å². The van der Waals surface area contributed by atoms with Crippen LogP contribution in [0.3, 0.4) is 0 Å². The van der Waals surface area contributed by atoms with Gasteiger partial charge < -0.3 is 5.32 Å². The first-order valence-electron chi connectivity index (χ1n) is 6.98. The first-order valence-corrected chi connectivity index (χ1v) is 9.68. The van der Waals surface area contributed by atoms with Gasteiger partial charge in [0.15, 0.2) is 0 Å². The molecule has 1 rings (SSSR count). The molecule has 5 heteroatoms. The summed E-state index contributed by atoms with van der Waals surface area (Å²) in [6.45, 7) is 6.95. The molecule has 1 unspecified atom stereocenters. The van der Waals surface area contributed by atoms with Gasteiger partial charge in [0.2, 0.25) is 0 Å². The molecule has 110 valence electrons. The highest BCUT2D eigenvalue weighted by Crippen LogP contribution is 2.27. The van der Waals surface area contributed by atoms with E-state index in [9.17, 15) is 8.42 Å². The van der Waals surface area contributed by atoms with Crippen molar-refractivity contribution in [2.75, 3.05) is 18.1 Å². The Kier molecular flexibility index (Phi) is 7.04. The summed E-state index contributed by atoms with van der Waals surface area (Å²) in [6, 6.07) is 2.43. The maximum absolute atomic E-state index is 11.5. The summed E-state index contributed by atoms with van der Waals surface area (Å²) in [4.78, 5) is 1.35. The minimum Gasteiger partial charge on any atom is -0.309 e. The van der Waals surface area contributed by atoms with Crippen LogP contribution in [0.1, 0.15) is 49.6 Å². The van der Waals surface area contributed by atoms with Crippen molar-refractivity contribution >= 4 is 21.2 Å². The van der Waals surface area contributed by atoms with Gasteiger partial charge in [-0.2, -0.15) is 0 Å². The van der Waals surface area contributed by atoms with Crippen LogP contribution in [0.4, 0.5) is 0 Å². The van der Waals surface area contributed by atoms with Crippen molar-refractivity contribution in [3.8, 4) is 0 Å². The minimum absolute atomic E-state index is 0.248. The lowest BCUT2D eigenvalue weighted by Gasteiger charge is -2.18. The Morgan fingerprint density at radius 2 is 2.11 bits per heavy atom. The van der Waals surface area contributed by atoms with E-state index >= 15 is 0 Å². The Bertz CT molecular complexity index is 466. The normalized spacial score (nSPS) is 13.6. The van der Waals surface area contributed by atoms with Gasteiger partial charge in [0.1, 0.15) is 9.84 Å². The molecule has 1 heterocycles. The Morgan fingerprint density at radius 3 is 2.63 bits per heavy atom. The van der Waals surface area contributed by atoms with Gasteiger partial charge in [-0.05, 0) is 49.7 Å². The number of aryl methyl sites for hydroxylation is 1. The molecule has 0 aliphatic carbocycles. The summed E-state index contributed by atoms with van der Waals surface area (Å²) in [5.74, 6) is 0.552. The summed E-state index contributed by atoms with van der Waals surface area (Å²) in [6.07, 6.45) is 2.71. The molecule has 0 radical (unpaired) electrons. The van der Waals surface area contributed by atoms with Crippen LogP contribution in [-0.2, 0) is 9.84 Å².